The molecule has 1 saturated carbocycles. The summed E-state index contributed by atoms with van der Waals surface area (Å²) in [6, 6.07) is 12.3. The number of nitrogens with zero attached hydrogens (tertiary/aromatic N) is 2. The highest BCUT2D eigenvalue weighted by atomic mass is 16.2. The zero-order valence-corrected chi connectivity index (χ0v) is 17.9. The molecule has 0 aliphatic heterocycles. The molecule has 154 valence electrons. The van der Waals surface area contributed by atoms with Crippen molar-refractivity contribution in [3.63, 3.8) is 0 Å². The number of aromatic amines is 1. The summed E-state index contributed by atoms with van der Waals surface area (Å²) in [5.41, 5.74) is 5.79. The van der Waals surface area contributed by atoms with Gasteiger partial charge in [-0.25, -0.2) is 4.98 Å². The van der Waals surface area contributed by atoms with Crippen molar-refractivity contribution in [3.05, 3.63) is 53.7 Å². The molecule has 0 radical (unpaired) electrons. The molecule has 0 atom stereocenters. The highest BCUT2D eigenvalue weighted by Gasteiger charge is 2.24. The van der Waals surface area contributed by atoms with Gasteiger partial charge in [-0.2, -0.15) is 0 Å². The van der Waals surface area contributed by atoms with Crippen LogP contribution in [-0.4, -0.2) is 33.9 Å². The SMILES string of the molecule is CCCC#CCc1c[nH]c2ccc(-c3ccc(C(=O)N(C)C4CCCC4)cc3)nc12. The highest BCUT2D eigenvalue weighted by molar-refractivity contribution is 5.94. The fraction of sp³-hybridized carbons (Fsp3) is 0.385. The number of nitrogens with one attached hydrogen (secondary N) is 1. The van der Waals surface area contributed by atoms with Crippen molar-refractivity contribution < 1.29 is 4.79 Å². The Morgan fingerprint density at radius 1 is 1.13 bits per heavy atom. The third-order valence-electron chi connectivity index (χ3n) is 6.00. The molecule has 1 fully saturated rings. The molecule has 1 amide bonds. The monoisotopic (exact) mass is 399 g/mol. The maximum absolute atomic E-state index is 12.8. The van der Waals surface area contributed by atoms with Crippen LogP contribution in [0.25, 0.3) is 22.3 Å². The molecular weight excluding hydrogens is 370 g/mol. The maximum Gasteiger partial charge on any atom is 0.253 e. The normalized spacial score (nSPS) is 13.9. The zero-order valence-electron chi connectivity index (χ0n) is 17.9. The lowest BCUT2D eigenvalue weighted by molar-refractivity contribution is 0.0735. The van der Waals surface area contributed by atoms with Crippen LogP contribution in [0.5, 0.6) is 0 Å². The molecular formula is C26H29N3O. The first-order chi connectivity index (χ1) is 14.7. The van der Waals surface area contributed by atoms with Crippen molar-refractivity contribution in [2.45, 2.75) is 57.9 Å². The molecule has 4 heteroatoms. The summed E-state index contributed by atoms with van der Waals surface area (Å²) in [6.45, 7) is 2.14. The Balaban J connectivity index is 1.53. The van der Waals surface area contributed by atoms with E-state index in [-0.39, 0.29) is 5.91 Å². The van der Waals surface area contributed by atoms with Crippen molar-refractivity contribution >= 4 is 16.9 Å². The van der Waals surface area contributed by atoms with Crippen LogP contribution < -0.4 is 0 Å². The number of fused-ring (bicyclic) bond motifs is 1. The number of H-pyrrole nitrogens is 1. The van der Waals surface area contributed by atoms with Crippen LogP contribution in [0.3, 0.4) is 0 Å². The summed E-state index contributed by atoms with van der Waals surface area (Å²) in [7, 11) is 1.93. The Bertz CT molecular complexity index is 1080. The number of hydrogen-bond acceptors (Lipinski definition) is 2. The Hall–Kier alpha value is -3.06. The topological polar surface area (TPSA) is 49.0 Å². The van der Waals surface area contributed by atoms with Crippen LogP contribution in [0.15, 0.2) is 42.6 Å². The molecule has 4 nitrogen and oxygen atoms in total. The molecule has 30 heavy (non-hydrogen) atoms. The number of benzene rings is 1. The third-order valence-corrected chi connectivity index (χ3v) is 6.00. The summed E-state index contributed by atoms with van der Waals surface area (Å²) in [5.74, 6) is 6.55. The summed E-state index contributed by atoms with van der Waals surface area (Å²) < 4.78 is 0. The van der Waals surface area contributed by atoms with Gasteiger partial charge in [0, 0.05) is 48.8 Å². The molecule has 0 saturated heterocycles. The van der Waals surface area contributed by atoms with Crippen LogP contribution in [0.2, 0.25) is 0 Å². The van der Waals surface area contributed by atoms with Crippen molar-refractivity contribution in [1.29, 1.82) is 0 Å². The minimum atomic E-state index is 0.107. The van der Waals surface area contributed by atoms with Gasteiger partial charge in [0.05, 0.1) is 16.7 Å². The number of carbonyl (C=O) groups is 1. The van der Waals surface area contributed by atoms with Gasteiger partial charge >= 0.3 is 0 Å². The molecule has 4 rings (SSSR count). The van der Waals surface area contributed by atoms with E-state index in [0.29, 0.717) is 12.5 Å². The first kappa shape index (κ1) is 20.2. The van der Waals surface area contributed by atoms with E-state index in [2.05, 4.69) is 29.8 Å². The number of hydrogen-bond donors (Lipinski definition) is 1. The molecule has 3 aromatic rings. The van der Waals surface area contributed by atoms with Crippen LogP contribution in [0.4, 0.5) is 0 Å². The molecule has 2 heterocycles. The van der Waals surface area contributed by atoms with Gasteiger partial charge in [-0.1, -0.05) is 37.8 Å². The number of amides is 1. The second-order valence-corrected chi connectivity index (χ2v) is 8.12. The molecule has 0 spiro atoms. The van der Waals surface area contributed by atoms with E-state index >= 15 is 0 Å². The molecule has 1 aliphatic carbocycles. The van der Waals surface area contributed by atoms with Gasteiger partial charge in [0.15, 0.2) is 0 Å². The van der Waals surface area contributed by atoms with Crippen molar-refractivity contribution in [2.75, 3.05) is 7.05 Å². The predicted octanol–water partition coefficient (Wildman–Crippen LogP) is 5.59. The number of aromatic nitrogens is 2. The Morgan fingerprint density at radius 3 is 2.63 bits per heavy atom. The summed E-state index contributed by atoms with van der Waals surface area (Å²) >= 11 is 0. The second kappa shape index (κ2) is 9.17. The van der Waals surface area contributed by atoms with Gasteiger partial charge in [-0.15, -0.1) is 5.92 Å². The summed E-state index contributed by atoms with van der Waals surface area (Å²) in [4.78, 5) is 22.9. The van der Waals surface area contributed by atoms with Gasteiger partial charge < -0.3 is 9.88 Å². The van der Waals surface area contributed by atoms with Crippen molar-refractivity contribution in [1.82, 2.24) is 14.9 Å². The molecule has 2 aromatic heterocycles. The number of carbonyl (C=O) groups excluding carboxylic acids is 1. The van der Waals surface area contributed by atoms with Gasteiger partial charge in [-0.05, 0) is 43.5 Å². The molecule has 1 aliphatic rings. The maximum atomic E-state index is 12.8. The Labute approximate surface area is 178 Å². The van der Waals surface area contributed by atoms with Gasteiger partial charge in [0.1, 0.15) is 0 Å². The fourth-order valence-electron chi connectivity index (χ4n) is 4.16. The Kier molecular flexibility index (Phi) is 6.18. The number of unbranched alkanes of at least 4 members (excludes halogenated alkanes) is 1. The first-order valence-corrected chi connectivity index (χ1v) is 11.0. The molecule has 0 unspecified atom stereocenters. The molecule has 0 bridgehead atoms. The average Bonchev–Trinajstić information content (AvgIpc) is 3.46. The fourth-order valence-corrected chi connectivity index (χ4v) is 4.16. The van der Waals surface area contributed by atoms with Crippen LogP contribution in [0, 0.1) is 11.8 Å². The van der Waals surface area contributed by atoms with E-state index in [9.17, 15) is 4.79 Å². The van der Waals surface area contributed by atoms with Crippen LogP contribution in [-0.2, 0) is 6.42 Å². The quantitative estimate of drug-likeness (QED) is 0.569. The lowest BCUT2D eigenvalue weighted by atomic mass is 10.1. The second-order valence-electron chi connectivity index (χ2n) is 8.12. The lowest BCUT2D eigenvalue weighted by Gasteiger charge is -2.24. The smallest absolute Gasteiger partial charge is 0.253 e. The summed E-state index contributed by atoms with van der Waals surface area (Å²) in [5, 5.41) is 0. The van der Waals surface area contributed by atoms with Crippen molar-refractivity contribution in [3.8, 4) is 23.1 Å². The highest BCUT2D eigenvalue weighted by Crippen LogP contribution is 2.26. The predicted molar refractivity (Wildman–Crippen MR) is 122 cm³/mol. The Morgan fingerprint density at radius 2 is 1.90 bits per heavy atom. The average molecular weight is 400 g/mol. The van der Waals surface area contributed by atoms with E-state index in [1.54, 1.807) is 0 Å². The molecule has 1 aromatic carbocycles. The standard InChI is InChI=1S/C26H29N3O/c1-3-4-5-6-9-21-18-27-24-17-16-23(28-25(21)24)19-12-14-20(15-13-19)26(30)29(2)22-10-7-8-11-22/h12-18,22,27H,3-4,7-11H2,1-2H3. The van der Waals surface area contributed by atoms with Gasteiger partial charge in [0.25, 0.3) is 5.91 Å². The van der Waals surface area contributed by atoms with E-state index in [1.165, 1.54) is 12.8 Å². The van der Waals surface area contributed by atoms with Gasteiger partial charge in [0.2, 0.25) is 0 Å². The van der Waals surface area contributed by atoms with Crippen LogP contribution >= 0.6 is 0 Å². The number of rotatable bonds is 5. The minimum Gasteiger partial charge on any atom is -0.360 e. The largest absolute Gasteiger partial charge is 0.360 e. The lowest BCUT2D eigenvalue weighted by Crippen LogP contribution is -2.35. The summed E-state index contributed by atoms with van der Waals surface area (Å²) in [6.07, 6.45) is 9.40. The van der Waals surface area contributed by atoms with E-state index in [0.717, 1.165) is 59.1 Å². The zero-order chi connectivity index (χ0) is 20.9. The van der Waals surface area contributed by atoms with Crippen LogP contribution in [0.1, 0.15) is 61.4 Å². The van der Waals surface area contributed by atoms with Crippen molar-refractivity contribution in [2.24, 2.45) is 0 Å². The van der Waals surface area contributed by atoms with E-state index in [4.69, 9.17) is 4.98 Å². The first-order valence-electron chi connectivity index (χ1n) is 11.0. The van der Waals surface area contributed by atoms with Gasteiger partial charge in [-0.3, -0.25) is 4.79 Å². The third kappa shape index (κ3) is 4.26. The van der Waals surface area contributed by atoms with E-state index < -0.39 is 0 Å². The molecule has 1 N–H and O–H groups in total. The number of pyridine rings is 1. The minimum absolute atomic E-state index is 0.107. The van der Waals surface area contributed by atoms with E-state index in [1.807, 2.05) is 48.5 Å².